The zero-order chi connectivity index (χ0) is 30.3. The van der Waals surface area contributed by atoms with E-state index in [2.05, 4.69) is 51.2 Å². The van der Waals surface area contributed by atoms with Gasteiger partial charge >= 0.3 is 11.9 Å². The predicted molar refractivity (Wildman–Crippen MR) is 164 cm³/mol. The van der Waals surface area contributed by atoms with E-state index in [9.17, 15) is 14.7 Å². The molecule has 1 fully saturated rings. The van der Waals surface area contributed by atoms with E-state index >= 15 is 0 Å². The first kappa shape index (κ1) is 30.8. The summed E-state index contributed by atoms with van der Waals surface area (Å²) in [7, 11) is 2.57. The monoisotopic (exact) mass is 652 g/mol. The summed E-state index contributed by atoms with van der Waals surface area (Å²) in [6.07, 6.45) is 8.89. The molecule has 10 heteroatoms. The molecule has 3 aliphatic rings. The van der Waals surface area contributed by atoms with Crippen LogP contribution in [0.3, 0.4) is 0 Å². The number of ether oxygens (including phenoxy) is 4. The van der Waals surface area contributed by atoms with Crippen LogP contribution in [0, 0.1) is 0 Å². The fraction of sp³-hybridized carbons (Fsp3) is 0.394. The van der Waals surface area contributed by atoms with Crippen molar-refractivity contribution >= 4 is 27.9 Å². The number of halogens is 1. The molecule has 3 aliphatic heterocycles. The molecule has 3 heterocycles. The Bertz CT molecular complexity index is 1430. The molecule has 228 valence electrons. The summed E-state index contributed by atoms with van der Waals surface area (Å²) in [6, 6.07) is 12.0. The second kappa shape index (κ2) is 14.2. The van der Waals surface area contributed by atoms with Crippen molar-refractivity contribution in [2.45, 2.75) is 44.8 Å². The van der Waals surface area contributed by atoms with Crippen LogP contribution in [0.25, 0.3) is 0 Å². The number of hydrogen-bond acceptors (Lipinski definition) is 9. The van der Waals surface area contributed by atoms with Crippen molar-refractivity contribution in [3.8, 4) is 11.5 Å². The standard InChI is InChI=1S/C33H37BrN2O7/c1-40-32(38)26-14-23(6-5-13-37)15-29(24-9-7-22(8-10-24)18-35-11-3-4-12-35)36(20-27(26)33(39)41-2)19-25-16-30-31(17-28(25)34)43-21-42-30/h7-10,14-17,20,29,37H,3-6,11-13,18-19,21H2,1-2H3. The largest absolute Gasteiger partial charge is 0.465 e. The van der Waals surface area contributed by atoms with Crippen LogP contribution in [0.4, 0.5) is 0 Å². The zero-order valence-electron chi connectivity index (χ0n) is 24.5. The van der Waals surface area contributed by atoms with Gasteiger partial charge < -0.3 is 29.0 Å². The van der Waals surface area contributed by atoms with Crippen LogP contribution >= 0.6 is 15.9 Å². The number of benzene rings is 2. The second-order valence-electron chi connectivity index (χ2n) is 10.8. The fourth-order valence-electron chi connectivity index (χ4n) is 5.64. The minimum absolute atomic E-state index is 0.0117. The quantitative estimate of drug-likeness (QED) is 0.348. The molecule has 1 N–H and O–H groups in total. The van der Waals surface area contributed by atoms with Crippen molar-refractivity contribution < 1.29 is 33.6 Å². The topological polar surface area (TPSA) is 97.8 Å². The van der Waals surface area contributed by atoms with E-state index in [1.54, 1.807) is 12.3 Å². The first-order chi connectivity index (χ1) is 20.9. The summed E-state index contributed by atoms with van der Waals surface area (Å²) in [5.41, 5.74) is 4.12. The zero-order valence-corrected chi connectivity index (χ0v) is 26.1. The third-order valence-electron chi connectivity index (χ3n) is 7.90. The summed E-state index contributed by atoms with van der Waals surface area (Å²) in [6.45, 7) is 3.65. The van der Waals surface area contributed by atoms with Gasteiger partial charge in [0.15, 0.2) is 11.5 Å². The minimum atomic E-state index is -0.658. The van der Waals surface area contributed by atoms with Crippen LogP contribution in [0.5, 0.6) is 11.5 Å². The molecular weight excluding hydrogens is 616 g/mol. The Morgan fingerprint density at radius 3 is 2.33 bits per heavy atom. The Hall–Kier alpha value is -3.60. The maximum Gasteiger partial charge on any atom is 0.340 e. The number of nitrogens with zero attached hydrogens (tertiary/aromatic N) is 2. The van der Waals surface area contributed by atoms with Crippen LogP contribution < -0.4 is 9.47 Å². The number of methoxy groups -OCH3 is 2. The molecule has 9 nitrogen and oxygen atoms in total. The molecule has 1 atom stereocenters. The van der Waals surface area contributed by atoms with Gasteiger partial charge in [0.05, 0.1) is 31.4 Å². The van der Waals surface area contributed by atoms with E-state index in [0.29, 0.717) is 30.9 Å². The smallest absolute Gasteiger partial charge is 0.340 e. The molecular formula is C33H37BrN2O7. The van der Waals surface area contributed by atoms with E-state index in [4.69, 9.17) is 18.9 Å². The van der Waals surface area contributed by atoms with Crippen molar-refractivity contribution in [1.82, 2.24) is 9.80 Å². The van der Waals surface area contributed by atoms with E-state index in [1.165, 1.54) is 32.6 Å². The first-order valence-electron chi connectivity index (χ1n) is 14.5. The average Bonchev–Trinajstić information content (AvgIpc) is 3.70. The molecule has 1 saturated heterocycles. The fourth-order valence-corrected chi connectivity index (χ4v) is 6.09. The van der Waals surface area contributed by atoms with E-state index in [0.717, 1.165) is 40.8 Å². The summed E-state index contributed by atoms with van der Waals surface area (Å²) in [5, 5.41) is 9.64. The molecule has 2 aromatic rings. The number of aliphatic hydroxyl groups excluding tert-OH is 1. The van der Waals surface area contributed by atoms with Gasteiger partial charge in [-0.25, -0.2) is 9.59 Å². The molecule has 0 bridgehead atoms. The van der Waals surface area contributed by atoms with Gasteiger partial charge in [0.2, 0.25) is 6.79 Å². The van der Waals surface area contributed by atoms with Gasteiger partial charge in [-0.15, -0.1) is 0 Å². The van der Waals surface area contributed by atoms with Crippen LogP contribution in [-0.2, 0) is 32.2 Å². The number of allylic oxidation sites excluding steroid dienone is 2. The molecule has 0 aliphatic carbocycles. The number of carbonyl (C=O) groups excluding carboxylic acids is 2. The van der Waals surface area contributed by atoms with Crippen LogP contribution in [0.2, 0.25) is 0 Å². The summed E-state index contributed by atoms with van der Waals surface area (Å²) in [5.74, 6) is -0.0177. The highest BCUT2D eigenvalue weighted by molar-refractivity contribution is 9.10. The van der Waals surface area contributed by atoms with Crippen molar-refractivity contribution in [2.75, 3.05) is 40.7 Å². The Kier molecular flexibility index (Phi) is 10.2. The Morgan fingerprint density at radius 1 is 0.977 bits per heavy atom. The number of carbonyl (C=O) groups is 2. The molecule has 0 amide bonds. The first-order valence-corrected chi connectivity index (χ1v) is 15.3. The maximum atomic E-state index is 13.2. The highest BCUT2D eigenvalue weighted by Crippen LogP contribution is 2.39. The molecule has 0 aromatic heterocycles. The van der Waals surface area contributed by atoms with E-state index < -0.39 is 11.9 Å². The van der Waals surface area contributed by atoms with Gasteiger partial charge in [0.1, 0.15) is 0 Å². The lowest BCUT2D eigenvalue weighted by atomic mass is 9.93. The number of fused-ring (bicyclic) bond motifs is 1. The van der Waals surface area contributed by atoms with E-state index in [1.807, 2.05) is 17.0 Å². The van der Waals surface area contributed by atoms with Crippen molar-refractivity contribution in [2.24, 2.45) is 0 Å². The lowest BCUT2D eigenvalue weighted by molar-refractivity contribution is -0.139. The number of hydrogen-bond donors (Lipinski definition) is 1. The molecule has 5 rings (SSSR count). The van der Waals surface area contributed by atoms with E-state index in [-0.39, 0.29) is 30.6 Å². The molecule has 43 heavy (non-hydrogen) atoms. The van der Waals surface area contributed by atoms with Crippen LogP contribution in [0.15, 0.2) is 75.9 Å². The lowest BCUT2D eigenvalue weighted by Gasteiger charge is -2.32. The van der Waals surface area contributed by atoms with Crippen molar-refractivity contribution in [3.63, 3.8) is 0 Å². The number of esters is 2. The van der Waals surface area contributed by atoms with Gasteiger partial charge in [0, 0.05) is 30.4 Å². The molecule has 0 radical (unpaired) electrons. The normalized spacial score (nSPS) is 18.4. The van der Waals surface area contributed by atoms with Gasteiger partial charge in [-0.3, -0.25) is 4.90 Å². The molecule has 2 aromatic carbocycles. The summed E-state index contributed by atoms with van der Waals surface area (Å²) in [4.78, 5) is 30.6. The third kappa shape index (κ3) is 7.31. The Morgan fingerprint density at radius 2 is 1.65 bits per heavy atom. The van der Waals surface area contributed by atoms with Crippen LogP contribution in [-0.4, -0.2) is 67.6 Å². The van der Waals surface area contributed by atoms with Gasteiger partial charge in [0.25, 0.3) is 0 Å². The van der Waals surface area contributed by atoms with Crippen LogP contribution in [0.1, 0.15) is 48.4 Å². The molecule has 1 unspecified atom stereocenters. The number of likely N-dealkylation sites (tertiary alicyclic amines) is 1. The van der Waals surface area contributed by atoms with Gasteiger partial charge in [-0.2, -0.15) is 0 Å². The highest BCUT2D eigenvalue weighted by atomic mass is 79.9. The SMILES string of the molecule is COC(=O)C1=CC(CCCO)=CC(c2ccc(CN3CCCC3)cc2)N(Cc2cc3c(cc2Br)OCO3)C=C1C(=O)OC. The van der Waals surface area contributed by atoms with Gasteiger partial charge in [-0.05, 0) is 79.2 Å². The Labute approximate surface area is 260 Å². The van der Waals surface area contributed by atoms with Crippen molar-refractivity contribution in [1.29, 1.82) is 0 Å². The summed E-state index contributed by atoms with van der Waals surface area (Å²) < 4.78 is 22.2. The lowest BCUT2D eigenvalue weighted by Crippen LogP contribution is -2.27. The van der Waals surface area contributed by atoms with Gasteiger partial charge in [-0.1, -0.05) is 46.3 Å². The molecule has 0 saturated carbocycles. The highest BCUT2D eigenvalue weighted by Gasteiger charge is 2.29. The number of aliphatic hydroxyl groups is 1. The summed E-state index contributed by atoms with van der Waals surface area (Å²) >= 11 is 3.68. The maximum absolute atomic E-state index is 13.2. The molecule has 0 spiro atoms. The van der Waals surface area contributed by atoms with Crippen molar-refractivity contribution in [3.05, 3.63) is 92.6 Å². The Balaban J connectivity index is 1.62. The third-order valence-corrected chi connectivity index (χ3v) is 8.64. The second-order valence-corrected chi connectivity index (χ2v) is 11.6. The minimum Gasteiger partial charge on any atom is -0.465 e. The predicted octanol–water partition coefficient (Wildman–Crippen LogP) is 5.19. The number of rotatable bonds is 10. The average molecular weight is 654 g/mol.